The molecule has 20 heavy (non-hydrogen) atoms. The fourth-order valence-electron chi connectivity index (χ4n) is 1.93. The van der Waals surface area contributed by atoms with E-state index in [1.54, 1.807) is 37.5 Å². The van der Waals surface area contributed by atoms with E-state index in [9.17, 15) is 5.11 Å². The smallest absolute Gasteiger partial charge is 0.0864 e. The summed E-state index contributed by atoms with van der Waals surface area (Å²) in [6.45, 7) is 0.00888. The van der Waals surface area contributed by atoms with Crippen LogP contribution in [0.25, 0.3) is 11.1 Å². The first-order chi connectivity index (χ1) is 9.80. The Morgan fingerprint density at radius 3 is 2.95 bits per heavy atom. The van der Waals surface area contributed by atoms with Crippen molar-refractivity contribution in [2.45, 2.75) is 11.5 Å². The fraction of sp³-hybridized carbons (Fsp3) is 0.200. The Morgan fingerprint density at radius 2 is 2.25 bits per heavy atom. The Kier molecular flexibility index (Phi) is 5.15. The molecule has 2 aromatic rings. The number of anilines is 1. The van der Waals surface area contributed by atoms with E-state index in [0.717, 1.165) is 27.3 Å². The van der Waals surface area contributed by atoms with E-state index in [0.29, 0.717) is 0 Å². The van der Waals surface area contributed by atoms with E-state index >= 15 is 0 Å². The lowest BCUT2D eigenvalue weighted by Crippen LogP contribution is -1.97. The van der Waals surface area contributed by atoms with Gasteiger partial charge in [-0.1, -0.05) is 6.07 Å². The topological polar surface area (TPSA) is 57.5 Å². The summed E-state index contributed by atoms with van der Waals surface area (Å²) in [4.78, 5) is 9.19. The average Bonchev–Trinajstić information content (AvgIpc) is 2.52. The molecule has 104 valence electrons. The van der Waals surface area contributed by atoms with Crippen LogP contribution in [-0.2, 0) is 6.61 Å². The lowest BCUT2D eigenvalue weighted by Gasteiger charge is -2.11. The standard InChI is InChI=1S/C15H17N3OS/c1-16-10-18-14-4-3-11(7-15(14)20-2)13-8-17-6-5-12(13)9-19/h3-8,10,19H,9H2,1-2H3,(H,16,18). The van der Waals surface area contributed by atoms with Gasteiger partial charge in [-0.05, 0) is 35.6 Å². The van der Waals surface area contributed by atoms with Gasteiger partial charge in [0.1, 0.15) is 0 Å². The highest BCUT2D eigenvalue weighted by atomic mass is 32.2. The van der Waals surface area contributed by atoms with Crippen LogP contribution in [0.2, 0.25) is 0 Å². The number of aliphatic hydroxyl groups is 1. The van der Waals surface area contributed by atoms with Crippen LogP contribution in [0.4, 0.5) is 5.69 Å². The normalized spacial score (nSPS) is 10.9. The summed E-state index contributed by atoms with van der Waals surface area (Å²) in [5.41, 5.74) is 3.90. The summed E-state index contributed by atoms with van der Waals surface area (Å²) in [7, 11) is 1.73. The van der Waals surface area contributed by atoms with Gasteiger partial charge in [0, 0.05) is 29.9 Å². The Bertz CT molecular complexity index is 614. The third-order valence-electron chi connectivity index (χ3n) is 2.94. The van der Waals surface area contributed by atoms with E-state index in [1.807, 2.05) is 24.5 Å². The van der Waals surface area contributed by atoms with Crippen molar-refractivity contribution < 1.29 is 5.11 Å². The third kappa shape index (κ3) is 3.18. The summed E-state index contributed by atoms with van der Waals surface area (Å²) in [5, 5.41) is 12.6. The molecule has 0 saturated heterocycles. The molecule has 0 fully saturated rings. The molecule has 0 aliphatic rings. The zero-order valence-electron chi connectivity index (χ0n) is 11.5. The second-order valence-electron chi connectivity index (χ2n) is 4.14. The van der Waals surface area contributed by atoms with E-state index in [-0.39, 0.29) is 6.61 Å². The van der Waals surface area contributed by atoms with E-state index in [2.05, 4.69) is 21.4 Å². The molecule has 0 atom stereocenters. The van der Waals surface area contributed by atoms with Gasteiger partial charge >= 0.3 is 0 Å². The summed E-state index contributed by atoms with van der Waals surface area (Å²) in [6.07, 6.45) is 7.17. The molecule has 0 spiro atoms. The molecular formula is C15H17N3OS. The van der Waals surface area contributed by atoms with Gasteiger partial charge in [-0.3, -0.25) is 9.98 Å². The Hall–Kier alpha value is -1.85. The van der Waals surface area contributed by atoms with Crippen LogP contribution in [0.3, 0.4) is 0 Å². The van der Waals surface area contributed by atoms with Crippen LogP contribution < -0.4 is 5.32 Å². The maximum absolute atomic E-state index is 9.41. The molecule has 0 saturated carbocycles. The SMILES string of the molecule is CN=CNc1ccc(-c2cnccc2CO)cc1SC. The van der Waals surface area contributed by atoms with Crippen molar-refractivity contribution in [1.29, 1.82) is 0 Å². The van der Waals surface area contributed by atoms with Gasteiger partial charge in [-0.15, -0.1) is 11.8 Å². The Balaban J connectivity index is 2.43. The van der Waals surface area contributed by atoms with Crippen LogP contribution >= 0.6 is 11.8 Å². The van der Waals surface area contributed by atoms with Gasteiger partial charge in [0.2, 0.25) is 0 Å². The van der Waals surface area contributed by atoms with Crippen LogP contribution in [0.15, 0.2) is 46.5 Å². The molecule has 0 radical (unpaired) electrons. The van der Waals surface area contributed by atoms with Gasteiger partial charge in [-0.2, -0.15) is 0 Å². The Labute approximate surface area is 123 Å². The van der Waals surface area contributed by atoms with Crippen molar-refractivity contribution in [2.24, 2.45) is 4.99 Å². The largest absolute Gasteiger partial charge is 0.392 e. The summed E-state index contributed by atoms with van der Waals surface area (Å²) < 4.78 is 0. The molecule has 5 heteroatoms. The number of nitrogens with zero attached hydrogens (tertiary/aromatic N) is 2. The van der Waals surface area contributed by atoms with Crippen molar-refractivity contribution in [2.75, 3.05) is 18.6 Å². The number of benzene rings is 1. The fourth-order valence-corrected chi connectivity index (χ4v) is 2.52. The summed E-state index contributed by atoms with van der Waals surface area (Å²) in [6, 6.07) is 7.95. The van der Waals surface area contributed by atoms with E-state index < -0.39 is 0 Å². The number of aliphatic imine (C=N–C) groups is 1. The number of thioether (sulfide) groups is 1. The molecule has 0 aliphatic carbocycles. The average molecular weight is 287 g/mol. The third-order valence-corrected chi connectivity index (χ3v) is 3.72. The van der Waals surface area contributed by atoms with Gasteiger partial charge < -0.3 is 10.4 Å². The van der Waals surface area contributed by atoms with Gasteiger partial charge in [0.15, 0.2) is 0 Å². The predicted molar refractivity (Wildman–Crippen MR) is 85.4 cm³/mol. The van der Waals surface area contributed by atoms with Crippen LogP contribution in [0.5, 0.6) is 0 Å². The number of pyridine rings is 1. The lowest BCUT2D eigenvalue weighted by molar-refractivity contribution is 0.282. The van der Waals surface area contributed by atoms with E-state index in [4.69, 9.17) is 0 Å². The number of nitrogens with one attached hydrogen (secondary N) is 1. The van der Waals surface area contributed by atoms with Crippen molar-refractivity contribution in [3.8, 4) is 11.1 Å². The van der Waals surface area contributed by atoms with Crippen molar-refractivity contribution >= 4 is 23.8 Å². The number of rotatable bonds is 5. The van der Waals surface area contributed by atoms with E-state index in [1.165, 1.54) is 0 Å². The minimum Gasteiger partial charge on any atom is -0.392 e. The number of aliphatic hydroxyl groups excluding tert-OH is 1. The first-order valence-corrected chi connectivity index (χ1v) is 7.42. The summed E-state index contributed by atoms with van der Waals surface area (Å²) in [5.74, 6) is 0. The number of hydrogen-bond acceptors (Lipinski definition) is 4. The first-order valence-electron chi connectivity index (χ1n) is 6.19. The van der Waals surface area contributed by atoms with Crippen LogP contribution in [0.1, 0.15) is 5.56 Å². The lowest BCUT2D eigenvalue weighted by atomic mass is 10.0. The molecular weight excluding hydrogens is 270 g/mol. The zero-order chi connectivity index (χ0) is 14.4. The van der Waals surface area contributed by atoms with Gasteiger partial charge in [-0.25, -0.2) is 0 Å². The second-order valence-corrected chi connectivity index (χ2v) is 4.99. The molecule has 1 aromatic heterocycles. The first kappa shape index (κ1) is 14.6. The minimum atomic E-state index is 0.00888. The molecule has 1 heterocycles. The molecule has 0 aliphatic heterocycles. The molecule has 0 amide bonds. The molecule has 1 aromatic carbocycles. The number of aromatic nitrogens is 1. The molecule has 0 bridgehead atoms. The zero-order valence-corrected chi connectivity index (χ0v) is 12.3. The minimum absolute atomic E-state index is 0.00888. The number of hydrogen-bond donors (Lipinski definition) is 2. The summed E-state index contributed by atoms with van der Waals surface area (Å²) >= 11 is 1.66. The highest BCUT2D eigenvalue weighted by molar-refractivity contribution is 7.98. The van der Waals surface area contributed by atoms with Crippen LogP contribution in [-0.4, -0.2) is 29.7 Å². The van der Waals surface area contributed by atoms with Crippen molar-refractivity contribution in [3.63, 3.8) is 0 Å². The molecule has 2 rings (SSSR count). The van der Waals surface area contributed by atoms with Gasteiger partial charge in [0.05, 0.1) is 18.6 Å². The molecule has 0 unspecified atom stereocenters. The second kappa shape index (κ2) is 7.07. The maximum Gasteiger partial charge on any atom is 0.0864 e. The molecule has 4 nitrogen and oxygen atoms in total. The Morgan fingerprint density at radius 1 is 1.40 bits per heavy atom. The highest BCUT2D eigenvalue weighted by Crippen LogP contribution is 2.32. The van der Waals surface area contributed by atoms with Crippen LogP contribution in [0, 0.1) is 0 Å². The monoisotopic (exact) mass is 287 g/mol. The maximum atomic E-state index is 9.41. The highest BCUT2D eigenvalue weighted by Gasteiger charge is 2.07. The predicted octanol–water partition coefficient (Wildman–Crippen LogP) is 3.03. The quantitative estimate of drug-likeness (QED) is 0.504. The van der Waals surface area contributed by atoms with Crippen molar-refractivity contribution in [3.05, 3.63) is 42.2 Å². The van der Waals surface area contributed by atoms with Crippen molar-refractivity contribution in [1.82, 2.24) is 4.98 Å². The molecule has 2 N–H and O–H groups in total. The van der Waals surface area contributed by atoms with Gasteiger partial charge in [0.25, 0.3) is 0 Å².